The van der Waals surface area contributed by atoms with Crippen LogP contribution in [0.5, 0.6) is 0 Å². The van der Waals surface area contributed by atoms with E-state index in [4.69, 9.17) is 29.5 Å². The van der Waals surface area contributed by atoms with Gasteiger partial charge in [-0.1, -0.05) is 0 Å². The Hall–Kier alpha value is -1.18. The molecule has 102 valence electrons. The van der Waals surface area contributed by atoms with Crippen molar-refractivity contribution in [2.45, 2.75) is 38.3 Å². The fourth-order valence-electron chi connectivity index (χ4n) is 1.26. The van der Waals surface area contributed by atoms with E-state index in [1.807, 2.05) is 12.1 Å². The van der Waals surface area contributed by atoms with E-state index >= 15 is 0 Å². The van der Waals surface area contributed by atoms with Gasteiger partial charge in [0.1, 0.15) is 0 Å². The van der Waals surface area contributed by atoms with Crippen LogP contribution >= 0.6 is 0 Å². The minimum atomic E-state index is -0.381. The predicted octanol–water partition coefficient (Wildman–Crippen LogP) is 1.57. The predicted molar refractivity (Wildman–Crippen MR) is 63.2 cm³/mol. The van der Waals surface area contributed by atoms with Gasteiger partial charge in [0, 0.05) is 39.9 Å². The number of methoxy groups -OCH3 is 2. The van der Waals surface area contributed by atoms with Gasteiger partial charge in [0.05, 0.1) is 25.4 Å². The summed E-state index contributed by atoms with van der Waals surface area (Å²) in [4.78, 5) is 0. The first kappa shape index (κ1) is 16.8. The normalized spacial score (nSPS) is 13.6. The van der Waals surface area contributed by atoms with Gasteiger partial charge in [0.2, 0.25) is 0 Å². The van der Waals surface area contributed by atoms with Crippen LogP contribution < -0.4 is 0 Å². The molecular formula is C12H20N2O4. The molecule has 2 unspecified atom stereocenters. The molecule has 0 spiro atoms. The molecule has 0 aromatic heterocycles. The smallest absolute Gasteiger partial charge is 0.158 e. The van der Waals surface area contributed by atoms with Crippen molar-refractivity contribution in [1.29, 1.82) is 10.5 Å². The maximum Gasteiger partial charge on any atom is 0.158 e. The quantitative estimate of drug-likeness (QED) is 0.412. The van der Waals surface area contributed by atoms with E-state index in [0.717, 1.165) is 0 Å². The maximum absolute atomic E-state index is 8.44. The number of ether oxygens (including phenoxy) is 4. The van der Waals surface area contributed by atoms with Gasteiger partial charge in [-0.3, -0.25) is 0 Å². The third-order valence-corrected chi connectivity index (χ3v) is 2.20. The SMILES string of the molecule is COC(CCC#N)OCCOC(CCC#N)OC. The molecule has 0 aliphatic carbocycles. The van der Waals surface area contributed by atoms with E-state index in [-0.39, 0.29) is 12.6 Å². The highest BCUT2D eigenvalue weighted by Crippen LogP contribution is 2.05. The first-order valence-corrected chi connectivity index (χ1v) is 5.81. The van der Waals surface area contributed by atoms with Crippen LogP contribution in [0.3, 0.4) is 0 Å². The summed E-state index contributed by atoms with van der Waals surface area (Å²) in [5, 5.41) is 16.9. The summed E-state index contributed by atoms with van der Waals surface area (Å²) in [5.41, 5.74) is 0. The third-order valence-electron chi connectivity index (χ3n) is 2.20. The van der Waals surface area contributed by atoms with Crippen LogP contribution in [0.4, 0.5) is 0 Å². The molecule has 18 heavy (non-hydrogen) atoms. The molecule has 0 fully saturated rings. The van der Waals surface area contributed by atoms with Crippen molar-refractivity contribution in [3.05, 3.63) is 0 Å². The Labute approximate surface area is 108 Å². The van der Waals surface area contributed by atoms with E-state index in [2.05, 4.69) is 0 Å². The minimum absolute atomic E-state index is 0.357. The van der Waals surface area contributed by atoms with Crippen LogP contribution in [0.15, 0.2) is 0 Å². The molecule has 0 aromatic carbocycles. The summed E-state index contributed by atoms with van der Waals surface area (Å²) >= 11 is 0. The molecule has 0 saturated heterocycles. The van der Waals surface area contributed by atoms with E-state index in [0.29, 0.717) is 38.9 Å². The van der Waals surface area contributed by atoms with Crippen molar-refractivity contribution in [3.63, 3.8) is 0 Å². The topological polar surface area (TPSA) is 84.5 Å². The summed E-state index contributed by atoms with van der Waals surface area (Å²) in [6, 6.07) is 4.06. The van der Waals surface area contributed by atoms with Crippen molar-refractivity contribution >= 4 is 0 Å². The average Bonchev–Trinajstić information content (AvgIpc) is 2.41. The Kier molecular flexibility index (Phi) is 11.5. The summed E-state index contributed by atoms with van der Waals surface area (Å²) in [6.07, 6.45) is 1.09. The summed E-state index contributed by atoms with van der Waals surface area (Å²) in [6.45, 7) is 0.715. The fraction of sp³-hybridized carbons (Fsp3) is 0.833. The zero-order valence-corrected chi connectivity index (χ0v) is 10.9. The molecule has 0 heterocycles. The van der Waals surface area contributed by atoms with E-state index < -0.39 is 0 Å². The Morgan fingerprint density at radius 1 is 0.833 bits per heavy atom. The van der Waals surface area contributed by atoms with Gasteiger partial charge in [0.15, 0.2) is 12.6 Å². The first-order chi connectivity index (χ1) is 8.78. The molecule has 0 N–H and O–H groups in total. The molecule has 6 nitrogen and oxygen atoms in total. The monoisotopic (exact) mass is 256 g/mol. The van der Waals surface area contributed by atoms with Crippen LogP contribution in [0.2, 0.25) is 0 Å². The van der Waals surface area contributed by atoms with Crippen molar-refractivity contribution in [2.75, 3.05) is 27.4 Å². The van der Waals surface area contributed by atoms with Crippen LogP contribution in [0, 0.1) is 22.7 Å². The average molecular weight is 256 g/mol. The molecule has 0 aliphatic rings. The van der Waals surface area contributed by atoms with Crippen molar-refractivity contribution in [3.8, 4) is 12.1 Å². The molecule has 0 rings (SSSR count). The zero-order valence-electron chi connectivity index (χ0n) is 10.9. The number of hydrogen-bond acceptors (Lipinski definition) is 6. The molecule has 0 bridgehead atoms. The number of hydrogen-bond donors (Lipinski definition) is 0. The lowest BCUT2D eigenvalue weighted by Crippen LogP contribution is -2.22. The Bertz CT molecular complexity index is 244. The molecule has 2 atom stereocenters. The highest BCUT2D eigenvalue weighted by Gasteiger charge is 2.09. The molecule has 0 aliphatic heterocycles. The largest absolute Gasteiger partial charge is 0.356 e. The van der Waals surface area contributed by atoms with Gasteiger partial charge in [-0.05, 0) is 0 Å². The van der Waals surface area contributed by atoms with Crippen LogP contribution in [0.1, 0.15) is 25.7 Å². The second-order valence-corrected chi connectivity index (χ2v) is 3.47. The summed E-state index contributed by atoms with van der Waals surface area (Å²) in [7, 11) is 3.07. The number of nitriles is 2. The van der Waals surface area contributed by atoms with Crippen molar-refractivity contribution in [1.82, 2.24) is 0 Å². The highest BCUT2D eigenvalue weighted by atomic mass is 16.7. The molecule has 0 amide bonds. The van der Waals surface area contributed by atoms with Gasteiger partial charge >= 0.3 is 0 Å². The summed E-state index contributed by atoms with van der Waals surface area (Å²) < 4.78 is 20.8. The fourth-order valence-corrected chi connectivity index (χ4v) is 1.26. The second kappa shape index (κ2) is 12.3. The number of nitrogens with zero attached hydrogens (tertiary/aromatic N) is 2. The third kappa shape index (κ3) is 8.91. The summed E-state index contributed by atoms with van der Waals surface area (Å²) in [5.74, 6) is 0. The highest BCUT2D eigenvalue weighted by molar-refractivity contribution is 4.70. The Morgan fingerprint density at radius 3 is 1.50 bits per heavy atom. The second-order valence-electron chi connectivity index (χ2n) is 3.47. The Morgan fingerprint density at radius 2 is 1.22 bits per heavy atom. The maximum atomic E-state index is 8.44. The van der Waals surface area contributed by atoms with Crippen LogP contribution in [-0.4, -0.2) is 40.0 Å². The van der Waals surface area contributed by atoms with E-state index in [9.17, 15) is 0 Å². The molecule has 0 saturated carbocycles. The van der Waals surface area contributed by atoms with Crippen LogP contribution in [-0.2, 0) is 18.9 Å². The van der Waals surface area contributed by atoms with Crippen LogP contribution in [0.25, 0.3) is 0 Å². The molecule has 6 heteroatoms. The lowest BCUT2D eigenvalue weighted by Gasteiger charge is -2.17. The van der Waals surface area contributed by atoms with Crippen molar-refractivity contribution in [2.24, 2.45) is 0 Å². The Balaban J connectivity index is 3.63. The molecular weight excluding hydrogens is 236 g/mol. The molecule has 0 aromatic rings. The molecule has 0 radical (unpaired) electrons. The standard InChI is InChI=1S/C12H20N2O4/c1-15-11(5-3-7-13)17-9-10-18-12(16-2)6-4-8-14/h11-12H,3-6,9-10H2,1-2H3. The number of rotatable bonds is 11. The van der Waals surface area contributed by atoms with Crippen molar-refractivity contribution < 1.29 is 18.9 Å². The first-order valence-electron chi connectivity index (χ1n) is 5.81. The lowest BCUT2D eigenvalue weighted by molar-refractivity contribution is -0.169. The van der Waals surface area contributed by atoms with Gasteiger partial charge in [-0.15, -0.1) is 0 Å². The minimum Gasteiger partial charge on any atom is -0.356 e. The van der Waals surface area contributed by atoms with Gasteiger partial charge in [0.25, 0.3) is 0 Å². The van der Waals surface area contributed by atoms with E-state index in [1.165, 1.54) is 14.2 Å². The zero-order chi connectivity index (χ0) is 13.6. The lowest BCUT2D eigenvalue weighted by atomic mass is 10.3. The van der Waals surface area contributed by atoms with Gasteiger partial charge in [-0.2, -0.15) is 10.5 Å². The van der Waals surface area contributed by atoms with Gasteiger partial charge < -0.3 is 18.9 Å². The van der Waals surface area contributed by atoms with E-state index in [1.54, 1.807) is 0 Å². The van der Waals surface area contributed by atoms with Gasteiger partial charge in [-0.25, -0.2) is 0 Å².